The number of hydrogen-bond acceptors (Lipinski definition) is 3. The van der Waals surface area contributed by atoms with Crippen molar-refractivity contribution in [3.63, 3.8) is 0 Å². The van der Waals surface area contributed by atoms with E-state index in [4.69, 9.17) is 10.2 Å². The van der Waals surface area contributed by atoms with E-state index in [2.05, 4.69) is 5.32 Å². The highest BCUT2D eigenvalue weighted by Gasteiger charge is 2.02. The van der Waals surface area contributed by atoms with Crippen molar-refractivity contribution in [1.82, 2.24) is 0 Å². The largest absolute Gasteiger partial charge is 0.394 e. The molecule has 1 unspecified atom stereocenters. The Hall–Kier alpha value is -1.06. The second-order valence-electron chi connectivity index (χ2n) is 3.54. The molecular formula is C11H17NO2. The van der Waals surface area contributed by atoms with Crippen molar-refractivity contribution < 1.29 is 10.2 Å². The Morgan fingerprint density at radius 1 is 1.36 bits per heavy atom. The second-order valence-corrected chi connectivity index (χ2v) is 3.54. The van der Waals surface area contributed by atoms with Crippen molar-refractivity contribution in [3.05, 3.63) is 29.3 Å². The molecular weight excluding hydrogens is 178 g/mol. The fourth-order valence-corrected chi connectivity index (χ4v) is 1.22. The van der Waals surface area contributed by atoms with Gasteiger partial charge in [-0.05, 0) is 31.0 Å². The molecule has 0 aromatic heterocycles. The molecule has 0 aliphatic heterocycles. The summed E-state index contributed by atoms with van der Waals surface area (Å²) in [6, 6.07) is 6.10. The summed E-state index contributed by atoms with van der Waals surface area (Å²) in [5.41, 5.74) is 3.33. The fraction of sp³-hybridized carbons (Fsp3) is 0.455. The smallest absolute Gasteiger partial charge is 0.0942 e. The summed E-state index contributed by atoms with van der Waals surface area (Å²) in [5.74, 6) is 0. The standard InChI is InChI=1S/C11H17NO2/c1-8-3-4-9(2)11(5-8)12-6-10(14)7-13/h3-5,10,12-14H,6-7H2,1-2H3. The molecule has 0 saturated heterocycles. The Kier molecular flexibility index (Phi) is 3.92. The summed E-state index contributed by atoms with van der Waals surface area (Å²) in [4.78, 5) is 0. The van der Waals surface area contributed by atoms with Gasteiger partial charge in [0.2, 0.25) is 0 Å². The summed E-state index contributed by atoms with van der Waals surface area (Å²) >= 11 is 0. The molecule has 0 bridgehead atoms. The lowest BCUT2D eigenvalue weighted by Gasteiger charge is -2.12. The molecule has 0 fully saturated rings. The van der Waals surface area contributed by atoms with Crippen molar-refractivity contribution in [2.24, 2.45) is 0 Å². The Bertz CT molecular complexity index is 299. The van der Waals surface area contributed by atoms with Crippen LogP contribution >= 0.6 is 0 Å². The van der Waals surface area contributed by atoms with Crippen molar-refractivity contribution in [3.8, 4) is 0 Å². The van der Waals surface area contributed by atoms with E-state index in [-0.39, 0.29) is 6.61 Å². The predicted molar refractivity (Wildman–Crippen MR) is 57.5 cm³/mol. The van der Waals surface area contributed by atoms with E-state index in [0.29, 0.717) is 6.54 Å². The Balaban J connectivity index is 2.62. The number of benzene rings is 1. The lowest BCUT2D eigenvalue weighted by atomic mass is 10.1. The molecule has 1 aromatic rings. The topological polar surface area (TPSA) is 52.5 Å². The van der Waals surface area contributed by atoms with Crippen LogP contribution in [0.2, 0.25) is 0 Å². The van der Waals surface area contributed by atoms with E-state index in [0.717, 1.165) is 11.3 Å². The van der Waals surface area contributed by atoms with Crippen LogP contribution in [0.1, 0.15) is 11.1 Å². The summed E-state index contributed by atoms with van der Waals surface area (Å²) < 4.78 is 0. The van der Waals surface area contributed by atoms with Crippen molar-refractivity contribution in [2.75, 3.05) is 18.5 Å². The third kappa shape index (κ3) is 3.01. The highest BCUT2D eigenvalue weighted by Crippen LogP contribution is 2.15. The molecule has 0 amide bonds. The Morgan fingerprint density at radius 2 is 2.07 bits per heavy atom. The van der Waals surface area contributed by atoms with Gasteiger partial charge in [0, 0.05) is 12.2 Å². The zero-order chi connectivity index (χ0) is 10.6. The van der Waals surface area contributed by atoms with Gasteiger partial charge in [0.15, 0.2) is 0 Å². The monoisotopic (exact) mass is 195 g/mol. The van der Waals surface area contributed by atoms with Crippen LogP contribution in [-0.2, 0) is 0 Å². The van der Waals surface area contributed by atoms with Crippen LogP contribution in [0.5, 0.6) is 0 Å². The van der Waals surface area contributed by atoms with Crippen molar-refractivity contribution >= 4 is 5.69 Å². The van der Waals surface area contributed by atoms with E-state index < -0.39 is 6.10 Å². The molecule has 3 N–H and O–H groups in total. The van der Waals surface area contributed by atoms with Gasteiger partial charge in [-0.3, -0.25) is 0 Å². The number of aliphatic hydroxyl groups excluding tert-OH is 2. The predicted octanol–water partition coefficient (Wildman–Crippen LogP) is 1.07. The van der Waals surface area contributed by atoms with Crippen LogP contribution in [0.15, 0.2) is 18.2 Å². The maximum atomic E-state index is 9.17. The van der Waals surface area contributed by atoms with Crippen LogP contribution in [-0.4, -0.2) is 29.5 Å². The van der Waals surface area contributed by atoms with E-state index >= 15 is 0 Å². The molecule has 0 heterocycles. The summed E-state index contributed by atoms with van der Waals surface area (Å²) in [7, 11) is 0. The lowest BCUT2D eigenvalue weighted by Crippen LogP contribution is -2.23. The Morgan fingerprint density at radius 3 is 2.71 bits per heavy atom. The molecule has 1 rings (SSSR count). The highest BCUT2D eigenvalue weighted by atomic mass is 16.3. The first-order chi connectivity index (χ1) is 6.63. The minimum Gasteiger partial charge on any atom is -0.394 e. The maximum absolute atomic E-state index is 9.17. The number of rotatable bonds is 4. The maximum Gasteiger partial charge on any atom is 0.0942 e. The van der Waals surface area contributed by atoms with E-state index in [1.165, 1.54) is 5.56 Å². The molecule has 3 heteroatoms. The zero-order valence-electron chi connectivity index (χ0n) is 8.62. The number of aliphatic hydroxyl groups is 2. The van der Waals surface area contributed by atoms with Gasteiger partial charge < -0.3 is 15.5 Å². The first-order valence-corrected chi connectivity index (χ1v) is 4.73. The molecule has 78 valence electrons. The zero-order valence-corrected chi connectivity index (χ0v) is 8.62. The lowest BCUT2D eigenvalue weighted by molar-refractivity contribution is 0.105. The van der Waals surface area contributed by atoms with Gasteiger partial charge in [-0.25, -0.2) is 0 Å². The van der Waals surface area contributed by atoms with Crippen LogP contribution in [0.25, 0.3) is 0 Å². The Labute approximate surface area is 84.4 Å². The van der Waals surface area contributed by atoms with Crippen molar-refractivity contribution in [1.29, 1.82) is 0 Å². The SMILES string of the molecule is Cc1ccc(C)c(NCC(O)CO)c1. The van der Waals surface area contributed by atoms with Gasteiger partial charge in [-0.2, -0.15) is 0 Å². The van der Waals surface area contributed by atoms with Gasteiger partial charge in [0.1, 0.15) is 0 Å². The fourth-order valence-electron chi connectivity index (χ4n) is 1.22. The molecule has 0 aliphatic rings. The van der Waals surface area contributed by atoms with Crippen LogP contribution in [0, 0.1) is 13.8 Å². The second kappa shape index (κ2) is 4.98. The van der Waals surface area contributed by atoms with Gasteiger partial charge in [-0.15, -0.1) is 0 Å². The third-order valence-electron chi connectivity index (χ3n) is 2.13. The molecule has 1 aromatic carbocycles. The summed E-state index contributed by atoms with van der Waals surface area (Å²) in [6.45, 7) is 4.19. The van der Waals surface area contributed by atoms with Gasteiger partial charge in [-0.1, -0.05) is 12.1 Å². The molecule has 0 radical (unpaired) electrons. The first-order valence-electron chi connectivity index (χ1n) is 4.73. The average Bonchev–Trinajstić information content (AvgIpc) is 2.19. The van der Waals surface area contributed by atoms with Crippen molar-refractivity contribution in [2.45, 2.75) is 20.0 Å². The first kappa shape index (κ1) is 11.0. The van der Waals surface area contributed by atoms with E-state index in [9.17, 15) is 0 Å². The molecule has 1 atom stereocenters. The number of aryl methyl sites for hydroxylation is 2. The molecule has 0 saturated carbocycles. The third-order valence-corrected chi connectivity index (χ3v) is 2.13. The number of nitrogens with one attached hydrogen (secondary N) is 1. The highest BCUT2D eigenvalue weighted by molar-refractivity contribution is 5.52. The molecule has 14 heavy (non-hydrogen) atoms. The molecule has 0 aliphatic carbocycles. The van der Waals surface area contributed by atoms with E-state index in [1.54, 1.807) is 0 Å². The summed E-state index contributed by atoms with van der Waals surface area (Å²) in [6.07, 6.45) is -0.699. The number of anilines is 1. The van der Waals surface area contributed by atoms with E-state index in [1.807, 2.05) is 32.0 Å². The quantitative estimate of drug-likeness (QED) is 0.673. The number of hydrogen-bond donors (Lipinski definition) is 3. The van der Waals surface area contributed by atoms with Crippen LogP contribution in [0.4, 0.5) is 5.69 Å². The minimum atomic E-state index is -0.699. The average molecular weight is 195 g/mol. The molecule has 3 nitrogen and oxygen atoms in total. The minimum absolute atomic E-state index is 0.210. The van der Waals surface area contributed by atoms with Crippen LogP contribution < -0.4 is 5.32 Å². The van der Waals surface area contributed by atoms with Crippen LogP contribution in [0.3, 0.4) is 0 Å². The van der Waals surface area contributed by atoms with Gasteiger partial charge >= 0.3 is 0 Å². The van der Waals surface area contributed by atoms with Gasteiger partial charge in [0.05, 0.1) is 12.7 Å². The summed E-state index contributed by atoms with van der Waals surface area (Å²) in [5, 5.41) is 20.9. The normalized spacial score (nSPS) is 12.6. The van der Waals surface area contributed by atoms with Gasteiger partial charge in [0.25, 0.3) is 0 Å². The molecule has 0 spiro atoms.